The molecule has 0 aliphatic rings. The third-order valence-corrected chi connectivity index (χ3v) is 2.69. The summed E-state index contributed by atoms with van der Waals surface area (Å²) in [7, 11) is 7.61. The van der Waals surface area contributed by atoms with Gasteiger partial charge in [0.2, 0.25) is 0 Å². The molecule has 0 radical (unpaired) electrons. The number of likely N-dealkylation sites (N-methyl/N-ethyl adjacent to an activating group) is 2. The highest BCUT2D eigenvalue weighted by atomic mass is 16.2. The third-order valence-electron chi connectivity index (χ3n) is 2.69. The third kappa shape index (κ3) is 4.00. The largest absolute Gasteiger partial charge is 0.373 e. The fraction of sp³-hybridized carbons (Fsp3) is 0.538. The monoisotopic (exact) mass is 250 g/mol. The number of hydrogen-bond donors (Lipinski definition) is 1. The first-order chi connectivity index (χ1) is 8.43. The number of nitrogens with zero attached hydrogens (tertiary/aromatic N) is 3. The number of nitrogens with one attached hydrogen (secondary N) is 1. The van der Waals surface area contributed by atoms with Gasteiger partial charge in [-0.25, -0.2) is 4.98 Å². The second-order valence-corrected chi connectivity index (χ2v) is 4.66. The molecule has 0 saturated carbocycles. The highest BCUT2D eigenvalue weighted by molar-refractivity contribution is 5.94. The lowest BCUT2D eigenvalue weighted by Crippen LogP contribution is -2.33. The molecular weight excluding hydrogens is 228 g/mol. The fourth-order valence-corrected chi connectivity index (χ4v) is 1.59. The number of pyridine rings is 1. The van der Waals surface area contributed by atoms with E-state index in [0.29, 0.717) is 12.1 Å². The average Bonchev–Trinajstić information content (AvgIpc) is 2.34. The standard InChI is InChI=1S/C13H22N4O/c1-10-8-11(9-12(14-2)15-10)13(18)17(5)7-6-16(3)4/h8-9H,6-7H2,1-5H3,(H,14,15). The quantitative estimate of drug-likeness (QED) is 0.849. The number of anilines is 1. The Balaban J connectivity index is 2.79. The van der Waals surface area contributed by atoms with Crippen molar-refractivity contribution < 1.29 is 4.79 Å². The van der Waals surface area contributed by atoms with Gasteiger partial charge in [0.05, 0.1) is 0 Å². The Labute approximate surface area is 109 Å². The van der Waals surface area contributed by atoms with Gasteiger partial charge in [-0.1, -0.05) is 0 Å². The Bertz CT molecular complexity index is 417. The van der Waals surface area contributed by atoms with Gasteiger partial charge < -0.3 is 15.1 Å². The minimum Gasteiger partial charge on any atom is -0.373 e. The lowest BCUT2D eigenvalue weighted by atomic mass is 10.2. The van der Waals surface area contributed by atoms with Crippen LogP contribution in [0.15, 0.2) is 12.1 Å². The van der Waals surface area contributed by atoms with E-state index in [1.54, 1.807) is 18.0 Å². The first-order valence-electron chi connectivity index (χ1n) is 6.00. The second-order valence-electron chi connectivity index (χ2n) is 4.66. The van der Waals surface area contributed by atoms with E-state index in [9.17, 15) is 4.79 Å². The Morgan fingerprint density at radius 1 is 1.28 bits per heavy atom. The molecule has 1 aromatic heterocycles. The van der Waals surface area contributed by atoms with Gasteiger partial charge in [-0.3, -0.25) is 4.79 Å². The lowest BCUT2D eigenvalue weighted by Gasteiger charge is -2.20. The molecule has 18 heavy (non-hydrogen) atoms. The van der Waals surface area contributed by atoms with E-state index in [2.05, 4.69) is 15.2 Å². The zero-order chi connectivity index (χ0) is 13.7. The van der Waals surface area contributed by atoms with Crippen LogP contribution in [0.4, 0.5) is 5.82 Å². The molecule has 1 rings (SSSR count). The summed E-state index contributed by atoms with van der Waals surface area (Å²) >= 11 is 0. The predicted octanol–water partition coefficient (Wildman–Crippen LogP) is 1.07. The maximum Gasteiger partial charge on any atom is 0.253 e. The Hall–Kier alpha value is -1.62. The van der Waals surface area contributed by atoms with Crippen LogP contribution in [-0.4, -0.2) is 62.0 Å². The van der Waals surface area contributed by atoms with Crippen LogP contribution < -0.4 is 5.32 Å². The molecule has 100 valence electrons. The minimum absolute atomic E-state index is 0.0267. The zero-order valence-electron chi connectivity index (χ0n) is 11.8. The van der Waals surface area contributed by atoms with E-state index in [4.69, 9.17) is 0 Å². The van der Waals surface area contributed by atoms with E-state index < -0.39 is 0 Å². The van der Waals surface area contributed by atoms with E-state index in [-0.39, 0.29) is 5.91 Å². The summed E-state index contributed by atoms with van der Waals surface area (Å²) in [5.41, 5.74) is 1.51. The Morgan fingerprint density at radius 2 is 1.94 bits per heavy atom. The van der Waals surface area contributed by atoms with Gasteiger partial charge in [-0.15, -0.1) is 0 Å². The van der Waals surface area contributed by atoms with Crippen LogP contribution in [0, 0.1) is 6.92 Å². The van der Waals surface area contributed by atoms with Gasteiger partial charge in [-0.2, -0.15) is 0 Å². The van der Waals surface area contributed by atoms with Crippen molar-refractivity contribution in [1.29, 1.82) is 0 Å². The first-order valence-corrected chi connectivity index (χ1v) is 6.00. The molecule has 0 unspecified atom stereocenters. The van der Waals surface area contributed by atoms with Crippen molar-refractivity contribution in [2.24, 2.45) is 0 Å². The molecule has 0 aliphatic heterocycles. The summed E-state index contributed by atoms with van der Waals surface area (Å²) < 4.78 is 0. The molecule has 5 nitrogen and oxygen atoms in total. The lowest BCUT2D eigenvalue weighted by molar-refractivity contribution is 0.0786. The molecule has 5 heteroatoms. The molecule has 0 aliphatic carbocycles. The Kier molecular flexibility index (Phi) is 5.09. The molecule has 0 fully saturated rings. The molecule has 0 aromatic carbocycles. The van der Waals surface area contributed by atoms with E-state index in [0.717, 1.165) is 18.1 Å². The van der Waals surface area contributed by atoms with E-state index in [1.165, 1.54) is 0 Å². The molecular formula is C13H22N4O. The van der Waals surface area contributed by atoms with Crippen LogP contribution in [-0.2, 0) is 0 Å². The molecule has 1 N–H and O–H groups in total. The number of rotatable bonds is 5. The summed E-state index contributed by atoms with van der Waals surface area (Å²) in [6, 6.07) is 3.59. The molecule has 0 bridgehead atoms. The van der Waals surface area contributed by atoms with Gasteiger partial charge in [0.1, 0.15) is 5.82 Å². The predicted molar refractivity (Wildman–Crippen MR) is 74.0 cm³/mol. The number of hydrogen-bond acceptors (Lipinski definition) is 4. The number of carbonyl (C=O) groups excluding carboxylic acids is 1. The van der Waals surface area contributed by atoms with Crippen LogP contribution in [0.5, 0.6) is 0 Å². The van der Waals surface area contributed by atoms with Gasteiger partial charge in [0, 0.05) is 38.4 Å². The van der Waals surface area contributed by atoms with Gasteiger partial charge in [0.15, 0.2) is 0 Å². The van der Waals surface area contributed by atoms with Crippen molar-refractivity contribution >= 4 is 11.7 Å². The number of aryl methyl sites for hydroxylation is 1. The normalized spacial score (nSPS) is 10.6. The first kappa shape index (κ1) is 14.4. The van der Waals surface area contributed by atoms with Crippen LogP contribution in [0.25, 0.3) is 0 Å². The maximum atomic E-state index is 12.2. The van der Waals surface area contributed by atoms with Gasteiger partial charge in [-0.05, 0) is 33.2 Å². The summed E-state index contributed by atoms with van der Waals surface area (Å²) in [6.07, 6.45) is 0. The van der Waals surface area contributed by atoms with Crippen LogP contribution in [0.3, 0.4) is 0 Å². The van der Waals surface area contributed by atoms with Crippen LogP contribution >= 0.6 is 0 Å². The van der Waals surface area contributed by atoms with Gasteiger partial charge >= 0.3 is 0 Å². The topological polar surface area (TPSA) is 48.5 Å². The van der Waals surface area contributed by atoms with E-state index in [1.807, 2.05) is 34.1 Å². The maximum absolute atomic E-state index is 12.2. The zero-order valence-corrected chi connectivity index (χ0v) is 11.8. The summed E-state index contributed by atoms with van der Waals surface area (Å²) in [6.45, 7) is 3.45. The van der Waals surface area contributed by atoms with Crippen molar-refractivity contribution in [2.75, 3.05) is 46.6 Å². The molecule has 0 spiro atoms. The molecule has 1 amide bonds. The van der Waals surface area contributed by atoms with Crippen molar-refractivity contribution in [1.82, 2.24) is 14.8 Å². The second kappa shape index (κ2) is 6.35. The number of aromatic nitrogens is 1. The highest BCUT2D eigenvalue weighted by Crippen LogP contribution is 2.11. The van der Waals surface area contributed by atoms with Crippen molar-refractivity contribution in [3.63, 3.8) is 0 Å². The highest BCUT2D eigenvalue weighted by Gasteiger charge is 2.13. The molecule has 1 aromatic rings. The summed E-state index contributed by atoms with van der Waals surface area (Å²) in [5, 5.41) is 2.96. The summed E-state index contributed by atoms with van der Waals surface area (Å²) in [5.74, 6) is 0.748. The fourth-order valence-electron chi connectivity index (χ4n) is 1.59. The van der Waals surface area contributed by atoms with Crippen molar-refractivity contribution in [3.05, 3.63) is 23.4 Å². The minimum atomic E-state index is 0.0267. The smallest absolute Gasteiger partial charge is 0.253 e. The van der Waals surface area contributed by atoms with Crippen LogP contribution in [0.1, 0.15) is 16.1 Å². The van der Waals surface area contributed by atoms with E-state index >= 15 is 0 Å². The molecule has 0 atom stereocenters. The van der Waals surface area contributed by atoms with Crippen molar-refractivity contribution in [2.45, 2.75) is 6.92 Å². The number of carbonyl (C=O) groups is 1. The average molecular weight is 250 g/mol. The SMILES string of the molecule is CNc1cc(C(=O)N(C)CCN(C)C)cc(C)n1. The van der Waals surface area contributed by atoms with Gasteiger partial charge in [0.25, 0.3) is 5.91 Å². The Morgan fingerprint density at radius 3 is 2.50 bits per heavy atom. The molecule has 0 saturated heterocycles. The number of amides is 1. The summed E-state index contributed by atoms with van der Waals surface area (Å²) in [4.78, 5) is 20.3. The van der Waals surface area contributed by atoms with Crippen LogP contribution in [0.2, 0.25) is 0 Å². The molecule has 1 heterocycles. The van der Waals surface area contributed by atoms with Crippen molar-refractivity contribution in [3.8, 4) is 0 Å².